The second-order valence-corrected chi connectivity index (χ2v) is 9.13. The van der Waals surface area contributed by atoms with E-state index in [1.807, 2.05) is 6.92 Å². The number of hydrogen-bond acceptors (Lipinski definition) is 4. The van der Waals surface area contributed by atoms with Gasteiger partial charge in [0.25, 0.3) is 0 Å². The first-order valence-electron chi connectivity index (χ1n) is 6.59. The predicted octanol–water partition coefficient (Wildman–Crippen LogP) is 3.78. The molecule has 2 rings (SSSR count). The van der Waals surface area contributed by atoms with Gasteiger partial charge in [-0.1, -0.05) is 11.4 Å². The second-order valence-electron chi connectivity index (χ2n) is 4.52. The maximum Gasteiger partial charge on any atom is 0.573 e. The van der Waals surface area contributed by atoms with Crippen LogP contribution in [0.15, 0.2) is 26.8 Å². The molecule has 0 saturated heterocycles. The van der Waals surface area contributed by atoms with Crippen molar-refractivity contribution < 1.29 is 22.6 Å². The fourth-order valence-electron chi connectivity index (χ4n) is 2.11. The Morgan fingerprint density at radius 2 is 2.04 bits per heavy atom. The zero-order chi connectivity index (χ0) is 17.2. The number of rotatable bonds is 4. The monoisotopic (exact) mass is 440 g/mol. The third kappa shape index (κ3) is 4.05. The Labute approximate surface area is 138 Å². The standard InChI is InChI=1S/C15H16F3IN2O2/c1-4-11-14(21-8-13(20)19(11)2)10-7-9(23-15(16,17)18)5-6-12(10)22-3/h5-8H,2,4,20H2,1,3H3. The molecular weight excluding hydrogens is 424 g/mol. The van der Waals surface area contributed by atoms with Gasteiger partial charge in [-0.3, -0.25) is 10.7 Å². The molecule has 2 N–H and O–H groups in total. The van der Waals surface area contributed by atoms with E-state index in [2.05, 4.69) is 14.2 Å². The van der Waals surface area contributed by atoms with Gasteiger partial charge in [0.15, 0.2) is 0 Å². The van der Waals surface area contributed by atoms with E-state index in [0.29, 0.717) is 27.1 Å². The molecule has 0 spiro atoms. The number of ether oxygens (including phenoxy) is 2. The van der Waals surface area contributed by atoms with E-state index in [0.717, 1.165) is 3.58 Å². The lowest BCUT2D eigenvalue weighted by atomic mass is 10.1. The van der Waals surface area contributed by atoms with Crippen molar-refractivity contribution in [3.05, 3.63) is 27.3 Å². The van der Waals surface area contributed by atoms with Gasteiger partial charge in [0.05, 0.1) is 22.7 Å². The van der Waals surface area contributed by atoms with Gasteiger partial charge < -0.3 is 9.47 Å². The number of hydrogen-bond donors (Lipinski definition) is 1. The molecule has 0 radical (unpaired) electrons. The molecule has 0 fully saturated rings. The van der Waals surface area contributed by atoms with E-state index in [1.54, 1.807) is 0 Å². The van der Waals surface area contributed by atoms with E-state index in [1.165, 1.54) is 31.5 Å². The predicted molar refractivity (Wildman–Crippen MR) is 95.7 cm³/mol. The van der Waals surface area contributed by atoms with Gasteiger partial charge in [0.2, 0.25) is 0 Å². The zero-order valence-corrected chi connectivity index (χ0v) is 14.7. The minimum absolute atomic E-state index is 0.321. The number of alkyl halides is 3. The van der Waals surface area contributed by atoms with Crippen molar-refractivity contribution in [2.24, 2.45) is 10.7 Å². The van der Waals surface area contributed by atoms with Crippen molar-refractivity contribution in [2.45, 2.75) is 19.7 Å². The molecule has 1 aliphatic rings. The van der Waals surface area contributed by atoms with Crippen LogP contribution in [-0.4, -0.2) is 27.8 Å². The summed E-state index contributed by atoms with van der Waals surface area (Å²) in [5.74, 6) is 0.0979. The van der Waals surface area contributed by atoms with Gasteiger partial charge in [-0.15, -0.1) is 32.0 Å². The molecule has 23 heavy (non-hydrogen) atoms. The van der Waals surface area contributed by atoms with Crippen molar-refractivity contribution in [1.82, 2.24) is 0 Å². The van der Waals surface area contributed by atoms with Gasteiger partial charge in [-0.25, -0.2) is 0 Å². The molecular formula is C15H16F3IN2O2. The smallest absolute Gasteiger partial charge is 0.496 e. The van der Waals surface area contributed by atoms with Crippen molar-refractivity contribution >= 4 is 38.9 Å². The van der Waals surface area contributed by atoms with Crippen molar-refractivity contribution in [3.8, 4) is 11.5 Å². The van der Waals surface area contributed by atoms with E-state index in [-0.39, 0.29) is 5.75 Å². The third-order valence-electron chi connectivity index (χ3n) is 3.08. The highest BCUT2D eigenvalue weighted by molar-refractivity contribution is 14.2. The summed E-state index contributed by atoms with van der Waals surface area (Å²) < 4.78 is 52.3. The SMILES string of the molecule is C=I1=C(N)C=NC(c2cc(OC(F)(F)F)ccc2OC)=C1CC. The van der Waals surface area contributed by atoms with Crippen LogP contribution in [0.1, 0.15) is 18.9 Å². The molecule has 0 bridgehead atoms. The molecule has 1 heterocycles. The van der Waals surface area contributed by atoms with Gasteiger partial charge in [-0.2, -0.15) is 0 Å². The lowest BCUT2D eigenvalue weighted by molar-refractivity contribution is -0.274. The first kappa shape index (κ1) is 17.8. The molecule has 4 nitrogen and oxygen atoms in total. The van der Waals surface area contributed by atoms with Crippen LogP contribution in [0, 0.1) is 0 Å². The van der Waals surface area contributed by atoms with E-state index in [9.17, 15) is 13.2 Å². The maximum absolute atomic E-state index is 12.4. The number of nitrogens with zero attached hydrogens (tertiary/aromatic N) is 1. The summed E-state index contributed by atoms with van der Waals surface area (Å²) in [7, 11) is 1.45. The Bertz CT molecular complexity index is 760. The summed E-state index contributed by atoms with van der Waals surface area (Å²) in [6, 6.07) is 3.91. The number of nitrogens with two attached hydrogens (primary N) is 1. The first-order valence-corrected chi connectivity index (χ1v) is 10.3. The van der Waals surface area contributed by atoms with Crippen molar-refractivity contribution in [1.29, 1.82) is 0 Å². The minimum atomic E-state index is -4.76. The molecule has 1 aliphatic heterocycles. The number of methoxy groups -OCH3 is 1. The Hall–Kier alpha value is -1.55. The van der Waals surface area contributed by atoms with Crippen molar-refractivity contribution in [2.75, 3.05) is 7.11 Å². The highest BCUT2D eigenvalue weighted by Gasteiger charge is 2.31. The van der Waals surface area contributed by atoms with Gasteiger partial charge in [0.1, 0.15) is 11.5 Å². The Balaban J connectivity index is 2.62. The molecule has 1 aromatic carbocycles. The Morgan fingerprint density at radius 3 is 2.61 bits per heavy atom. The van der Waals surface area contributed by atoms with E-state index < -0.39 is 25.2 Å². The molecule has 8 heteroatoms. The van der Waals surface area contributed by atoms with Crippen molar-refractivity contribution in [3.63, 3.8) is 0 Å². The third-order valence-corrected chi connectivity index (χ3v) is 7.71. The molecule has 0 aliphatic carbocycles. The van der Waals surface area contributed by atoms with Crippen LogP contribution in [0.2, 0.25) is 0 Å². The second kappa shape index (κ2) is 6.91. The van der Waals surface area contributed by atoms with Crippen LogP contribution in [-0.2, 0) is 0 Å². The summed E-state index contributed by atoms with van der Waals surface area (Å²) in [6.07, 6.45) is -2.55. The minimum Gasteiger partial charge on any atom is -0.496 e. The lowest BCUT2D eigenvalue weighted by Gasteiger charge is -2.18. The van der Waals surface area contributed by atoms with Crippen LogP contribution in [0.5, 0.6) is 11.5 Å². The van der Waals surface area contributed by atoms with Crippen LogP contribution >= 0.6 is 18.9 Å². The fraction of sp³-hybridized carbons (Fsp3) is 0.267. The molecule has 0 saturated carbocycles. The van der Waals surface area contributed by atoms with Crippen LogP contribution < -0.4 is 15.2 Å². The van der Waals surface area contributed by atoms with Gasteiger partial charge in [0, 0.05) is 9.14 Å². The summed E-state index contributed by atoms with van der Waals surface area (Å²) in [6.45, 7) is 1.95. The van der Waals surface area contributed by atoms with E-state index in [4.69, 9.17) is 10.5 Å². The molecule has 0 atom stereocenters. The average Bonchev–Trinajstić information content (AvgIpc) is 2.48. The normalized spacial score (nSPS) is 16.0. The van der Waals surface area contributed by atoms with Gasteiger partial charge in [-0.05, 0) is 24.6 Å². The molecule has 0 unspecified atom stereocenters. The number of aliphatic imine (C=N–C) groups is 1. The zero-order valence-electron chi connectivity index (χ0n) is 12.6. The van der Waals surface area contributed by atoms with E-state index >= 15 is 0 Å². The summed E-state index contributed by atoms with van der Waals surface area (Å²) in [5, 5.41) is 0. The highest BCUT2D eigenvalue weighted by atomic mass is 127. The first-order chi connectivity index (χ1) is 10.8. The number of halogens is 4. The number of allylic oxidation sites excluding steroid dienone is 1. The Morgan fingerprint density at radius 1 is 1.35 bits per heavy atom. The Kier molecular flexibility index (Phi) is 5.35. The lowest BCUT2D eigenvalue weighted by Crippen LogP contribution is -2.17. The van der Waals surface area contributed by atoms with Gasteiger partial charge >= 0.3 is 6.36 Å². The molecule has 126 valence electrons. The van der Waals surface area contributed by atoms with Crippen LogP contribution in [0.4, 0.5) is 13.2 Å². The van der Waals surface area contributed by atoms with Crippen LogP contribution in [0.3, 0.4) is 0 Å². The molecule has 1 aromatic rings. The highest BCUT2D eigenvalue weighted by Crippen LogP contribution is 2.41. The average molecular weight is 440 g/mol. The fourth-order valence-corrected chi connectivity index (χ4v) is 5.30. The maximum atomic E-state index is 12.4. The quantitative estimate of drug-likeness (QED) is 0.726. The number of benzene rings is 1. The van der Waals surface area contributed by atoms with Crippen LogP contribution in [0.25, 0.3) is 5.70 Å². The summed E-state index contributed by atoms with van der Waals surface area (Å²) >= 11 is -1.95. The largest absolute Gasteiger partial charge is 0.573 e. The molecule has 0 amide bonds. The summed E-state index contributed by atoms with van der Waals surface area (Å²) in [5.41, 5.74) is 6.92. The topological polar surface area (TPSA) is 56.8 Å². The summed E-state index contributed by atoms with van der Waals surface area (Å²) in [4.78, 5) is 4.30. The molecule has 0 aromatic heterocycles.